The van der Waals surface area contributed by atoms with E-state index in [1.165, 1.54) is 29.4 Å². The fourth-order valence-electron chi connectivity index (χ4n) is 1.59. The zero-order chi connectivity index (χ0) is 17.5. The average molecular weight is 338 g/mol. The Hall–Kier alpha value is -2.15. The number of nitrogens with one attached hydrogen (secondary N) is 1. The van der Waals surface area contributed by atoms with E-state index in [1.54, 1.807) is 6.08 Å². The number of carbonyl (C=O) groups excluding carboxylic acids is 3. The minimum Gasteiger partial charge on any atom is -0.452 e. The fraction of sp³-hybridized carbons (Fsp3) is 0.438. The Balaban J connectivity index is 2.34. The number of ether oxygens (including phenoxy) is 1. The molecule has 1 rings (SSSR count). The summed E-state index contributed by atoms with van der Waals surface area (Å²) in [7, 11) is 1.49. The lowest BCUT2D eigenvalue weighted by Crippen LogP contribution is -2.46. The second-order valence-corrected chi connectivity index (χ2v) is 6.83. The number of rotatable bonds is 6. The molecule has 0 unspecified atom stereocenters. The summed E-state index contributed by atoms with van der Waals surface area (Å²) in [5.41, 5.74) is 0.536. The quantitative estimate of drug-likeness (QED) is 0.632. The summed E-state index contributed by atoms with van der Waals surface area (Å²) in [4.78, 5) is 36.3. The van der Waals surface area contributed by atoms with Crippen LogP contribution in [0.25, 0.3) is 6.08 Å². The molecule has 0 bridgehead atoms. The van der Waals surface area contributed by atoms with Gasteiger partial charge in [-0.2, -0.15) is 11.3 Å². The monoisotopic (exact) mass is 338 g/mol. The molecule has 1 heterocycles. The maximum atomic E-state index is 11.8. The van der Waals surface area contributed by atoms with Gasteiger partial charge in [0.15, 0.2) is 6.61 Å². The Morgan fingerprint density at radius 1 is 1.35 bits per heavy atom. The molecule has 7 heteroatoms. The van der Waals surface area contributed by atoms with Gasteiger partial charge in [-0.1, -0.05) is 0 Å². The van der Waals surface area contributed by atoms with Crippen LogP contribution in [0.3, 0.4) is 0 Å². The summed E-state index contributed by atoms with van der Waals surface area (Å²) >= 11 is 1.52. The second kappa shape index (κ2) is 8.47. The van der Waals surface area contributed by atoms with Crippen molar-refractivity contribution in [1.29, 1.82) is 0 Å². The SMILES string of the molecule is CN(CC(=O)NC(C)(C)C)C(=O)COC(=O)/C=C/c1ccsc1. The predicted octanol–water partition coefficient (Wildman–Crippen LogP) is 1.68. The van der Waals surface area contributed by atoms with E-state index in [9.17, 15) is 14.4 Å². The van der Waals surface area contributed by atoms with E-state index in [2.05, 4.69) is 5.32 Å². The lowest BCUT2D eigenvalue weighted by molar-refractivity contribution is -0.148. The van der Waals surface area contributed by atoms with Crippen LogP contribution >= 0.6 is 11.3 Å². The van der Waals surface area contributed by atoms with Crippen LogP contribution < -0.4 is 5.32 Å². The number of hydrogen-bond donors (Lipinski definition) is 1. The summed E-state index contributed by atoms with van der Waals surface area (Å²) in [5.74, 6) is -1.31. The number of nitrogens with zero attached hydrogens (tertiary/aromatic N) is 1. The smallest absolute Gasteiger partial charge is 0.331 e. The van der Waals surface area contributed by atoms with Gasteiger partial charge in [0.1, 0.15) is 0 Å². The highest BCUT2D eigenvalue weighted by atomic mass is 32.1. The molecule has 0 radical (unpaired) electrons. The molecule has 126 valence electrons. The molecule has 0 saturated carbocycles. The molecule has 0 aromatic carbocycles. The molecule has 1 aromatic rings. The van der Waals surface area contributed by atoms with Crippen molar-refractivity contribution in [1.82, 2.24) is 10.2 Å². The molecule has 0 aliphatic carbocycles. The van der Waals surface area contributed by atoms with Gasteiger partial charge in [0.2, 0.25) is 5.91 Å². The van der Waals surface area contributed by atoms with Crippen LogP contribution in [0.15, 0.2) is 22.9 Å². The van der Waals surface area contributed by atoms with Gasteiger partial charge in [-0.15, -0.1) is 0 Å². The first-order valence-electron chi connectivity index (χ1n) is 7.09. The van der Waals surface area contributed by atoms with Gasteiger partial charge in [-0.05, 0) is 49.2 Å². The molecule has 2 amide bonds. The number of likely N-dealkylation sites (N-methyl/N-ethyl adjacent to an activating group) is 1. The summed E-state index contributed by atoms with van der Waals surface area (Å²) in [6, 6.07) is 1.86. The van der Waals surface area contributed by atoms with Crippen LogP contribution in [0.5, 0.6) is 0 Å². The third-order valence-corrected chi connectivity index (χ3v) is 3.32. The minimum absolute atomic E-state index is 0.0849. The lowest BCUT2D eigenvalue weighted by atomic mass is 10.1. The lowest BCUT2D eigenvalue weighted by Gasteiger charge is -2.23. The molecule has 0 aliphatic rings. The molecule has 1 N–H and O–H groups in total. The molecule has 0 aliphatic heterocycles. The van der Waals surface area contributed by atoms with Gasteiger partial charge in [0.05, 0.1) is 6.54 Å². The van der Waals surface area contributed by atoms with E-state index in [0.29, 0.717) is 0 Å². The van der Waals surface area contributed by atoms with Crippen molar-refractivity contribution in [2.24, 2.45) is 0 Å². The zero-order valence-corrected chi connectivity index (χ0v) is 14.6. The van der Waals surface area contributed by atoms with E-state index in [-0.39, 0.29) is 18.0 Å². The molecule has 0 saturated heterocycles. The Labute approximate surface area is 140 Å². The first kappa shape index (κ1) is 18.9. The number of hydrogen-bond acceptors (Lipinski definition) is 5. The van der Waals surface area contributed by atoms with Gasteiger partial charge >= 0.3 is 5.97 Å². The number of thiophene rings is 1. The van der Waals surface area contributed by atoms with Crippen molar-refractivity contribution in [2.75, 3.05) is 20.2 Å². The van der Waals surface area contributed by atoms with Gasteiger partial charge in [-0.3, -0.25) is 9.59 Å². The van der Waals surface area contributed by atoms with Crippen LogP contribution in [-0.4, -0.2) is 48.4 Å². The molecule has 1 aromatic heterocycles. The third kappa shape index (κ3) is 8.15. The average Bonchev–Trinajstić information content (AvgIpc) is 2.93. The van der Waals surface area contributed by atoms with Crippen molar-refractivity contribution < 1.29 is 19.1 Å². The molecule has 23 heavy (non-hydrogen) atoms. The first-order chi connectivity index (χ1) is 10.7. The maximum Gasteiger partial charge on any atom is 0.331 e. The molecular formula is C16H22N2O4S. The van der Waals surface area contributed by atoms with Crippen LogP contribution in [0, 0.1) is 0 Å². The molecule has 0 spiro atoms. The summed E-state index contributed by atoms with van der Waals surface area (Å²) in [5, 5.41) is 6.54. The van der Waals surface area contributed by atoms with E-state index in [1.807, 2.05) is 37.6 Å². The van der Waals surface area contributed by atoms with Crippen molar-refractivity contribution in [3.63, 3.8) is 0 Å². The van der Waals surface area contributed by atoms with Gasteiger partial charge in [0.25, 0.3) is 5.91 Å². The third-order valence-electron chi connectivity index (χ3n) is 2.61. The largest absolute Gasteiger partial charge is 0.452 e. The van der Waals surface area contributed by atoms with E-state index in [4.69, 9.17) is 4.74 Å². The number of amides is 2. The van der Waals surface area contributed by atoms with Crippen molar-refractivity contribution >= 4 is 35.2 Å². The topological polar surface area (TPSA) is 75.7 Å². The van der Waals surface area contributed by atoms with Crippen LogP contribution in [-0.2, 0) is 19.1 Å². The molecule has 6 nitrogen and oxygen atoms in total. The summed E-state index contributed by atoms with van der Waals surface area (Å²) in [6.45, 7) is 5.08. The number of esters is 1. The molecule has 0 fully saturated rings. The highest BCUT2D eigenvalue weighted by molar-refractivity contribution is 7.08. The standard InChI is InChI=1S/C16H22N2O4S/c1-16(2,3)17-13(19)9-18(4)14(20)10-22-15(21)6-5-12-7-8-23-11-12/h5-8,11H,9-10H2,1-4H3,(H,17,19)/b6-5+. The molecule has 0 atom stereocenters. The van der Waals surface area contributed by atoms with E-state index in [0.717, 1.165) is 5.56 Å². The fourth-order valence-corrected chi connectivity index (χ4v) is 2.22. The van der Waals surface area contributed by atoms with Crippen molar-refractivity contribution in [2.45, 2.75) is 26.3 Å². The minimum atomic E-state index is -0.600. The van der Waals surface area contributed by atoms with Crippen LogP contribution in [0.1, 0.15) is 26.3 Å². The Morgan fingerprint density at radius 2 is 2.04 bits per heavy atom. The Kier molecular flexibility index (Phi) is 6.96. The Bertz CT molecular complexity index is 573. The normalized spacial score (nSPS) is 11.3. The van der Waals surface area contributed by atoms with Crippen molar-refractivity contribution in [3.8, 4) is 0 Å². The highest BCUT2D eigenvalue weighted by Crippen LogP contribution is 2.07. The van der Waals surface area contributed by atoms with Crippen LogP contribution in [0.2, 0.25) is 0 Å². The van der Waals surface area contributed by atoms with Crippen LogP contribution in [0.4, 0.5) is 0 Å². The van der Waals surface area contributed by atoms with Crippen molar-refractivity contribution in [3.05, 3.63) is 28.5 Å². The van der Waals surface area contributed by atoms with E-state index < -0.39 is 18.5 Å². The van der Waals surface area contributed by atoms with E-state index >= 15 is 0 Å². The summed E-state index contributed by atoms with van der Waals surface area (Å²) in [6.07, 6.45) is 2.88. The molecular weight excluding hydrogens is 316 g/mol. The zero-order valence-electron chi connectivity index (χ0n) is 13.8. The second-order valence-electron chi connectivity index (χ2n) is 6.05. The number of carbonyl (C=O) groups is 3. The van der Waals surface area contributed by atoms with Gasteiger partial charge in [-0.25, -0.2) is 4.79 Å². The van der Waals surface area contributed by atoms with Gasteiger partial charge < -0.3 is 15.0 Å². The van der Waals surface area contributed by atoms with Gasteiger partial charge in [0, 0.05) is 18.7 Å². The Morgan fingerprint density at radius 3 is 2.61 bits per heavy atom. The highest BCUT2D eigenvalue weighted by Gasteiger charge is 2.18. The first-order valence-corrected chi connectivity index (χ1v) is 8.03. The maximum absolute atomic E-state index is 11.8. The summed E-state index contributed by atoms with van der Waals surface area (Å²) < 4.78 is 4.86. The predicted molar refractivity (Wildman–Crippen MR) is 89.8 cm³/mol.